The van der Waals surface area contributed by atoms with Crippen molar-refractivity contribution < 1.29 is 4.79 Å². The van der Waals surface area contributed by atoms with E-state index < -0.39 is 0 Å². The van der Waals surface area contributed by atoms with Gasteiger partial charge in [-0.2, -0.15) is 0 Å². The van der Waals surface area contributed by atoms with Crippen molar-refractivity contribution in [2.75, 3.05) is 13.1 Å². The molecule has 1 saturated heterocycles. The van der Waals surface area contributed by atoms with Crippen LogP contribution in [0.3, 0.4) is 0 Å². The molecule has 2 rings (SSSR count). The molecule has 0 aromatic rings. The van der Waals surface area contributed by atoms with Crippen molar-refractivity contribution in [2.45, 2.75) is 63.5 Å². The molecular formula is C13H25N3O. The van der Waals surface area contributed by atoms with Crippen LogP contribution in [0.5, 0.6) is 0 Å². The van der Waals surface area contributed by atoms with E-state index in [4.69, 9.17) is 0 Å². The first-order valence-electron chi connectivity index (χ1n) is 7.12. The number of nitrogens with one attached hydrogen (secondary N) is 3. The normalized spacial score (nSPS) is 24.0. The maximum absolute atomic E-state index is 11.8. The molecule has 1 heterocycles. The molecule has 98 valence electrons. The summed E-state index contributed by atoms with van der Waals surface area (Å²) in [5.41, 5.74) is 0. The largest absolute Gasteiger partial charge is 0.335 e. The lowest BCUT2D eigenvalue weighted by molar-refractivity contribution is 0.228. The summed E-state index contributed by atoms with van der Waals surface area (Å²) in [6, 6.07) is 0.810. The molecule has 0 aromatic heterocycles. The van der Waals surface area contributed by atoms with Crippen LogP contribution in [0.25, 0.3) is 0 Å². The van der Waals surface area contributed by atoms with Gasteiger partial charge in [0.2, 0.25) is 0 Å². The average molecular weight is 239 g/mol. The molecule has 17 heavy (non-hydrogen) atoms. The summed E-state index contributed by atoms with van der Waals surface area (Å²) in [5, 5.41) is 9.54. The van der Waals surface area contributed by atoms with E-state index in [-0.39, 0.29) is 6.03 Å². The minimum atomic E-state index is 0.0452. The minimum absolute atomic E-state index is 0.0452. The van der Waals surface area contributed by atoms with E-state index in [0.717, 1.165) is 38.8 Å². The second-order valence-electron chi connectivity index (χ2n) is 5.33. The molecular weight excluding hydrogens is 214 g/mol. The summed E-state index contributed by atoms with van der Waals surface area (Å²) in [5.74, 6) is 0. The Hall–Kier alpha value is -0.770. The van der Waals surface area contributed by atoms with E-state index in [9.17, 15) is 4.79 Å². The SMILES string of the molecule is O=C(NC1CCCCCC1)NC1CCNCC1. The van der Waals surface area contributed by atoms with Crippen molar-refractivity contribution in [3.63, 3.8) is 0 Å². The van der Waals surface area contributed by atoms with E-state index in [1.165, 1.54) is 25.7 Å². The third-order valence-electron chi connectivity index (χ3n) is 3.86. The maximum atomic E-state index is 11.8. The number of carbonyl (C=O) groups is 1. The van der Waals surface area contributed by atoms with Crippen molar-refractivity contribution in [2.24, 2.45) is 0 Å². The fourth-order valence-corrected chi connectivity index (χ4v) is 2.80. The molecule has 0 unspecified atom stereocenters. The molecule has 0 spiro atoms. The fraction of sp³-hybridized carbons (Fsp3) is 0.923. The Balaban J connectivity index is 1.68. The zero-order chi connectivity index (χ0) is 11.9. The number of piperidine rings is 1. The first-order valence-corrected chi connectivity index (χ1v) is 7.12. The van der Waals surface area contributed by atoms with E-state index in [1.807, 2.05) is 0 Å². The fourth-order valence-electron chi connectivity index (χ4n) is 2.80. The first kappa shape index (κ1) is 12.7. The van der Waals surface area contributed by atoms with Crippen LogP contribution in [0.2, 0.25) is 0 Å². The molecule has 3 N–H and O–H groups in total. The van der Waals surface area contributed by atoms with Gasteiger partial charge in [-0.05, 0) is 38.8 Å². The summed E-state index contributed by atoms with van der Waals surface area (Å²) in [7, 11) is 0. The number of urea groups is 1. The lowest BCUT2D eigenvalue weighted by Crippen LogP contribution is -2.49. The van der Waals surface area contributed by atoms with Crippen LogP contribution >= 0.6 is 0 Å². The Morgan fingerprint density at radius 1 is 0.824 bits per heavy atom. The van der Waals surface area contributed by atoms with E-state index in [1.54, 1.807) is 0 Å². The van der Waals surface area contributed by atoms with Gasteiger partial charge in [0.1, 0.15) is 0 Å². The second kappa shape index (κ2) is 6.84. The van der Waals surface area contributed by atoms with Gasteiger partial charge in [-0.25, -0.2) is 4.79 Å². The van der Waals surface area contributed by atoms with Crippen LogP contribution in [-0.2, 0) is 0 Å². The third kappa shape index (κ3) is 4.54. The summed E-state index contributed by atoms with van der Waals surface area (Å²) in [6.45, 7) is 2.04. The third-order valence-corrected chi connectivity index (χ3v) is 3.86. The Kier molecular flexibility index (Phi) is 5.10. The first-order chi connectivity index (χ1) is 8.34. The smallest absolute Gasteiger partial charge is 0.315 e. The molecule has 2 fully saturated rings. The zero-order valence-corrected chi connectivity index (χ0v) is 10.6. The Morgan fingerprint density at radius 2 is 1.35 bits per heavy atom. The van der Waals surface area contributed by atoms with Gasteiger partial charge >= 0.3 is 6.03 Å². The number of hydrogen-bond donors (Lipinski definition) is 3. The molecule has 1 aliphatic heterocycles. The van der Waals surface area contributed by atoms with Crippen molar-refractivity contribution in [1.29, 1.82) is 0 Å². The predicted octanol–water partition coefficient (Wildman–Crippen LogP) is 1.76. The highest BCUT2D eigenvalue weighted by atomic mass is 16.2. The van der Waals surface area contributed by atoms with Gasteiger partial charge in [-0.3, -0.25) is 0 Å². The quantitative estimate of drug-likeness (QED) is 0.643. The van der Waals surface area contributed by atoms with Crippen molar-refractivity contribution in [1.82, 2.24) is 16.0 Å². The number of rotatable bonds is 2. The summed E-state index contributed by atoms with van der Waals surface area (Å²) >= 11 is 0. The molecule has 4 nitrogen and oxygen atoms in total. The van der Waals surface area contributed by atoms with Gasteiger partial charge < -0.3 is 16.0 Å². The molecule has 0 atom stereocenters. The van der Waals surface area contributed by atoms with Crippen molar-refractivity contribution >= 4 is 6.03 Å². The molecule has 0 radical (unpaired) electrons. The van der Waals surface area contributed by atoms with Crippen molar-refractivity contribution in [3.8, 4) is 0 Å². The number of carbonyl (C=O) groups excluding carboxylic acids is 1. The number of amides is 2. The van der Waals surface area contributed by atoms with Crippen LogP contribution in [0, 0.1) is 0 Å². The lowest BCUT2D eigenvalue weighted by atomic mass is 10.1. The Labute approximate surface area is 104 Å². The second-order valence-corrected chi connectivity index (χ2v) is 5.33. The molecule has 2 aliphatic rings. The highest BCUT2D eigenvalue weighted by molar-refractivity contribution is 5.74. The highest BCUT2D eigenvalue weighted by Gasteiger charge is 2.18. The monoisotopic (exact) mass is 239 g/mol. The van der Waals surface area contributed by atoms with Gasteiger partial charge in [0, 0.05) is 12.1 Å². The zero-order valence-electron chi connectivity index (χ0n) is 10.6. The molecule has 1 saturated carbocycles. The molecule has 0 aromatic carbocycles. The van der Waals surface area contributed by atoms with Crippen LogP contribution in [0.1, 0.15) is 51.4 Å². The molecule has 2 amide bonds. The Morgan fingerprint density at radius 3 is 1.94 bits per heavy atom. The Bertz CT molecular complexity index is 231. The topological polar surface area (TPSA) is 53.2 Å². The van der Waals surface area contributed by atoms with Crippen LogP contribution in [0.4, 0.5) is 4.79 Å². The predicted molar refractivity (Wildman–Crippen MR) is 69.0 cm³/mol. The van der Waals surface area contributed by atoms with Gasteiger partial charge in [0.25, 0.3) is 0 Å². The molecule has 0 bridgehead atoms. The molecule has 4 heteroatoms. The van der Waals surface area contributed by atoms with Crippen LogP contribution < -0.4 is 16.0 Å². The number of hydrogen-bond acceptors (Lipinski definition) is 2. The van der Waals surface area contributed by atoms with Gasteiger partial charge in [-0.1, -0.05) is 25.7 Å². The van der Waals surface area contributed by atoms with Gasteiger partial charge in [0.05, 0.1) is 0 Å². The summed E-state index contributed by atoms with van der Waals surface area (Å²) in [6.07, 6.45) is 9.59. The van der Waals surface area contributed by atoms with Crippen LogP contribution in [0.15, 0.2) is 0 Å². The summed E-state index contributed by atoms with van der Waals surface area (Å²) < 4.78 is 0. The van der Waals surface area contributed by atoms with Crippen LogP contribution in [-0.4, -0.2) is 31.2 Å². The summed E-state index contributed by atoms with van der Waals surface area (Å²) in [4.78, 5) is 11.8. The van der Waals surface area contributed by atoms with E-state index in [2.05, 4.69) is 16.0 Å². The maximum Gasteiger partial charge on any atom is 0.315 e. The van der Waals surface area contributed by atoms with E-state index in [0.29, 0.717) is 12.1 Å². The van der Waals surface area contributed by atoms with E-state index >= 15 is 0 Å². The lowest BCUT2D eigenvalue weighted by Gasteiger charge is -2.25. The highest BCUT2D eigenvalue weighted by Crippen LogP contribution is 2.17. The van der Waals surface area contributed by atoms with Gasteiger partial charge in [-0.15, -0.1) is 0 Å². The standard InChI is InChI=1S/C13H25N3O/c17-13(16-12-7-9-14-10-8-12)15-11-5-3-1-2-4-6-11/h11-12,14H,1-10H2,(H2,15,16,17). The van der Waals surface area contributed by atoms with Gasteiger partial charge in [0.15, 0.2) is 0 Å². The average Bonchev–Trinajstić information content (AvgIpc) is 2.59. The molecule has 1 aliphatic carbocycles. The minimum Gasteiger partial charge on any atom is -0.335 e. The van der Waals surface area contributed by atoms with Crippen molar-refractivity contribution in [3.05, 3.63) is 0 Å².